The monoisotopic (exact) mass is 294 g/mol. The van der Waals surface area contributed by atoms with Crippen molar-refractivity contribution >= 4 is 18.5 Å². The number of carbonyl (C=O) groups excluding carboxylic acids is 1. The third-order valence-corrected chi connectivity index (χ3v) is 3.10. The number of aliphatic imine (C=N–C) groups is 1. The van der Waals surface area contributed by atoms with Crippen molar-refractivity contribution in [3.8, 4) is 6.07 Å². The molecule has 2 heterocycles. The zero-order chi connectivity index (χ0) is 15.9. The summed E-state index contributed by atoms with van der Waals surface area (Å²) < 4.78 is 7.48. The van der Waals surface area contributed by atoms with Gasteiger partial charge in [0.1, 0.15) is 18.4 Å². The normalized spacial score (nSPS) is 12.0. The van der Waals surface area contributed by atoms with E-state index in [2.05, 4.69) is 22.8 Å². The van der Waals surface area contributed by atoms with Crippen LogP contribution in [-0.4, -0.2) is 22.4 Å². The Labute approximate surface area is 127 Å². The van der Waals surface area contributed by atoms with Crippen molar-refractivity contribution < 1.29 is 9.53 Å². The van der Waals surface area contributed by atoms with Gasteiger partial charge in [0.15, 0.2) is 6.29 Å². The molecule has 0 fully saturated rings. The van der Waals surface area contributed by atoms with E-state index in [0.29, 0.717) is 28.9 Å². The fourth-order valence-corrected chi connectivity index (χ4v) is 2.02. The highest BCUT2D eigenvalue weighted by Gasteiger charge is 2.12. The van der Waals surface area contributed by atoms with Crippen molar-refractivity contribution in [2.45, 2.75) is 13.5 Å². The number of nitrogens with zero attached hydrogens (tertiary/aromatic N) is 4. The Bertz CT molecular complexity index is 809. The van der Waals surface area contributed by atoms with Crippen LogP contribution < -0.4 is 0 Å². The van der Waals surface area contributed by atoms with E-state index >= 15 is 0 Å². The Morgan fingerprint density at radius 1 is 1.64 bits per heavy atom. The first-order chi connectivity index (χ1) is 10.7. The van der Waals surface area contributed by atoms with Crippen LogP contribution in [0.5, 0.6) is 0 Å². The van der Waals surface area contributed by atoms with E-state index in [1.807, 2.05) is 4.40 Å². The Morgan fingerprint density at radius 2 is 2.45 bits per heavy atom. The maximum atomic E-state index is 11.0. The quantitative estimate of drug-likeness (QED) is 0.269. The predicted octanol–water partition coefficient (Wildman–Crippen LogP) is 2.41. The van der Waals surface area contributed by atoms with E-state index in [1.165, 1.54) is 6.20 Å². The molecule has 0 amide bonds. The van der Waals surface area contributed by atoms with Gasteiger partial charge in [-0.15, -0.1) is 0 Å². The molecule has 0 aliphatic rings. The lowest BCUT2D eigenvalue weighted by atomic mass is 10.2. The summed E-state index contributed by atoms with van der Waals surface area (Å²) in [4.78, 5) is 18.7. The van der Waals surface area contributed by atoms with Gasteiger partial charge in [0.2, 0.25) is 0 Å². The van der Waals surface area contributed by atoms with Gasteiger partial charge in [0, 0.05) is 12.4 Å². The second-order valence-electron chi connectivity index (χ2n) is 4.31. The van der Waals surface area contributed by atoms with Crippen LogP contribution in [0.15, 0.2) is 53.3 Å². The second kappa shape index (κ2) is 6.99. The van der Waals surface area contributed by atoms with Gasteiger partial charge in [-0.2, -0.15) is 5.26 Å². The van der Waals surface area contributed by atoms with Crippen LogP contribution >= 0.6 is 0 Å². The lowest BCUT2D eigenvalue weighted by Gasteiger charge is -2.10. The summed E-state index contributed by atoms with van der Waals surface area (Å²) in [6.07, 6.45) is 8.71. The number of aldehydes is 1. The van der Waals surface area contributed by atoms with Gasteiger partial charge < -0.3 is 9.14 Å². The number of allylic oxidation sites excluding steroid dienone is 2. The summed E-state index contributed by atoms with van der Waals surface area (Å²) in [6, 6.07) is 3.86. The molecule has 0 unspecified atom stereocenters. The van der Waals surface area contributed by atoms with Gasteiger partial charge in [-0.25, -0.2) is 0 Å². The lowest BCUT2D eigenvalue weighted by molar-refractivity contribution is -0.105. The maximum absolute atomic E-state index is 11.0. The van der Waals surface area contributed by atoms with E-state index < -0.39 is 0 Å². The number of hydrogen-bond acceptors (Lipinski definition) is 5. The molecule has 0 aliphatic heterocycles. The van der Waals surface area contributed by atoms with Gasteiger partial charge >= 0.3 is 0 Å². The molecular formula is C16H14N4O2. The van der Waals surface area contributed by atoms with Crippen molar-refractivity contribution in [3.63, 3.8) is 0 Å². The van der Waals surface area contributed by atoms with Crippen LogP contribution in [0.25, 0.3) is 5.52 Å². The number of rotatable bonds is 6. The first-order valence-corrected chi connectivity index (χ1v) is 6.49. The van der Waals surface area contributed by atoms with E-state index in [4.69, 9.17) is 4.74 Å². The van der Waals surface area contributed by atoms with Crippen LogP contribution in [0.3, 0.4) is 0 Å². The number of carbonyl (C=O) groups is 1. The molecule has 0 aliphatic carbocycles. The molecule has 22 heavy (non-hydrogen) atoms. The average molecular weight is 294 g/mol. The largest absolute Gasteiger partial charge is 0.485 e. The van der Waals surface area contributed by atoms with E-state index in [1.54, 1.807) is 37.7 Å². The number of nitriles is 1. The molecule has 0 saturated heterocycles. The van der Waals surface area contributed by atoms with Gasteiger partial charge in [-0.3, -0.25) is 14.8 Å². The minimum Gasteiger partial charge on any atom is -0.485 e. The van der Waals surface area contributed by atoms with Gasteiger partial charge in [0.25, 0.3) is 0 Å². The Hall–Kier alpha value is -3.20. The van der Waals surface area contributed by atoms with Crippen molar-refractivity contribution in [2.24, 2.45) is 4.99 Å². The highest BCUT2D eigenvalue weighted by Crippen LogP contribution is 2.19. The first-order valence-electron chi connectivity index (χ1n) is 6.49. The summed E-state index contributed by atoms with van der Waals surface area (Å²) in [5.41, 5.74) is 2.34. The van der Waals surface area contributed by atoms with Gasteiger partial charge in [-0.1, -0.05) is 6.08 Å². The fourth-order valence-electron chi connectivity index (χ4n) is 2.02. The molecule has 2 rings (SSSR count). The van der Waals surface area contributed by atoms with Crippen LogP contribution in [0.1, 0.15) is 18.2 Å². The van der Waals surface area contributed by atoms with Crippen molar-refractivity contribution in [1.82, 2.24) is 9.38 Å². The SMILES string of the molecule is C=N/C=C(OCc1c(C#N)cc2cnccn12)\C(C=O)=C/C. The van der Waals surface area contributed by atoms with E-state index in [0.717, 1.165) is 5.52 Å². The minimum atomic E-state index is 0.119. The molecular weight excluding hydrogens is 280 g/mol. The third-order valence-electron chi connectivity index (χ3n) is 3.10. The molecule has 0 atom stereocenters. The van der Waals surface area contributed by atoms with Gasteiger partial charge in [-0.05, 0) is 19.7 Å². The fraction of sp³-hybridized carbons (Fsp3) is 0.125. The van der Waals surface area contributed by atoms with E-state index in [-0.39, 0.29) is 6.61 Å². The molecule has 2 aromatic rings. The molecule has 0 aromatic carbocycles. The van der Waals surface area contributed by atoms with Crippen molar-refractivity contribution in [3.05, 3.63) is 59.5 Å². The van der Waals surface area contributed by atoms with Crippen LogP contribution in [0.4, 0.5) is 0 Å². The van der Waals surface area contributed by atoms with Gasteiger partial charge in [0.05, 0.1) is 34.7 Å². The molecule has 110 valence electrons. The molecule has 0 spiro atoms. The number of ether oxygens (including phenoxy) is 1. The smallest absolute Gasteiger partial charge is 0.153 e. The summed E-state index contributed by atoms with van der Waals surface area (Å²) in [5, 5.41) is 9.24. The standard InChI is InChI=1S/C16H14N4O2/c1-3-12(10-21)16(9-18-2)22-11-15-13(7-17)6-14-8-19-4-5-20(14)15/h3-6,8-10H,2,11H2,1H3/b12-3-,16-9+. The molecule has 0 saturated carbocycles. The average Bonchev–Trinajstić information content (AvgIpc) is 2.91. The van der Waals surface area contributed by atoms with Crippen LogP contribution in [0, 0.1) is 11.3 Å². The Balaban J connectivity index is 2.35. The topological polar surface area (TPSA) is 79.8 Å². The number of hydrogen-bond donors (Lipinski definition) is 0. The molecule has 0 N–H and O–H groups in total. The third kappa shape index (κ3) is 2.94. The van der Waals surface area contributed by atoms with Crippen molar-refractivity contribution in [2.75, 3.05) is 0 Å². The van der Waals surface area contributed by atoms with Crippen LogP contribution in [-0.2, 0) is 16.1 Å². The number of aromatic nitrogens is 2. The molecule has 6 heteroatoms. The summed E-state index contributed by atoms with van der Waals surface area (Å²) >= 11 is 0. The zero-order valence-electron chi connectivity index (χ0n) is 12.1. The van der Waals surface area contributed by atoms with Crippen LogP contribution in [0.2, 0.25) is 0 Å². The molecule has 2 aromatic heterocycles. The molecule has 0 bridgehead atoms. The Kier molecular flexibility index (Phi) is 4.83. The highest BCUT2D eigenvalue weighted by atomic mass is 16.5. The summed E-state index contributed by atoms with van der Waals surface area (Å²) in [7, 11) is 0. The van der Waals surface area contributed by atoms with Crippen molar-refractivity contribution in [1.29, 1.82) is 5.26 Å². The molecule has 6 nitrogen and oxygen atoms in total. The summed E-state index contributed by atoms with van der Waals surface area (Å²) in [5.74, 6) is 0.306. The highest BCUT2D eigenvalue weighted by molar-refractivity contribution is 5.79. The minimum absolute atomic E-state index is 0.119. The predicted molar refractivity (Wildman–Crippen MR) is 82.1 cm³/mol. The lowest BCUT2D eigenvalue weighted by Crippen LogP contribution is -2.02. The Morgan fingerprint density at radius 3 is 3.09 bits per heavy atom. The maximum Gasteiger partial charge on any atom is 0.153 e. The number of fused-ring (bicyclic) bond motifs is 1. The van der Waals surface area contributed by atoms with E-state index in [9.17, 15) is 10.1 Å². The second-order valence-corrected chi connectivity index (χ2v) is 4.31. The molecule has 0 radical (unpaired) electrons. The zero-order valence-corrected chi connectivity index (χ0v) is 12.1. The summed E-state index contributed by atoms with van der Waals surface area (Å²) in [6.45, 7) is 5.21. The first kappa shape index (κ1) is 15.2.